The lowest BCUT2D eigenvalue weighted by Gasteiger charge is -2.13. The fourth-order valence-corrected chi connectivity index (χ4v) is 13.5. The molecule has 2 aliphatic rings. The molecule has 0 spiro atoms. The lowest BCUT2D eigenvalue weighted by Crippen LogP contribution is -2.30. The summed E-state index contributed by atoms with van der Waals surface area (Å²) in [6, 6.07) is 57.2. The van der Waals surface area contributed by atoms with E-state index in [1.165, 1.54) is 33.4 Å². The van der Waals surface area contributed by atoms with Crippen LogP contribution in [0.3, 0.4) is 0 Å². The topological polar surface area (TPSA) is 162 Å². The summed E-state index contributed by atoms with van der Waals surface area (Å²) in [4.78, 5) is 43.1. The minimum absolute atomic E-state index is 0.176. The van der Waals surface area contributed by atoms with Gasteiger partial charge < -0.3 is 29.2 Å². The third-order valence-electron chi connectivity index (χ3n) is 17.6. The molecule has 2 unspecified atom stereocenters. The average Bonchev–Trinajstić information content (AvgIpc) is 2.52. The summed E-state index contributed by atoms with van der Waals surface area (Å²) in [5.74, 6) is 1.03. The summed E-state index contributed by atoms with van der Waals surface area (Å²) in [5.41, 5.74) is 17.5. The van der Waals surface area contributed by atoms with Crippen molar-refractivity contribution in [2.45, 2.75) is 51.1 Å². The number of rotatable bonds is 16. The van der Waals surface area contributed by atoms with Crippen LogP contribution in [-0.4, -0.2) is 59.1 Å². The second kappa shape index (κ2) is 21.7. The fourth-order valence-electron chi connectivity index (χ4n) is 13.3. The zero-order valence-corrected chi connectivity index (χ0v) is 47.9. The van der Waals surface area contributed by atoms with E-state index in [1.54, 1.807) is 40.0 Å². The number of nitrogens with zero attached hydrogens (tertiary/aromatic N) is 6. The molecule has 8 aromatic carbocycles. The number of carbonyl (C=O) groups is 2. The molecule has 16 rings (SSSR count). The molecule has 15 heteroatoms. The quantitative estimate of drug-likeness (QED) is 0.0800. The van der Waals surface area contributed by atoms with Gasteiger partial charge >= 0.3 is 17.5 Å². The van der Waals surface area contributed by atoms with E-state index in [0.29, 0.717) is 65.0 Å². The molecule has 14 nitrogen and oxygen atoms in total. The van der Waals surface area contributed by atoms with Crippen LogP contribution >= 0.6 is 11.6 Å². The maximum absolute atomic E-state index is 14.7. The Kier molecular flexibility index (Phi) is 13.0. The van der Waals surface area contributed by atoms with Crippen LogP contribution in [0.4, 0.5) is 0 Å². The number of aryl methyl sites for hydroxylation is 1. The Balaban J connectivity index is 0.612. The van der Waals surface area contributed by atoms with Crippen molar-refractivity contribution in [3.8, 4) is 56.0 Å². The van der Waals surface area contributed by atoms with Gasteiger partial charge in [0, 0.05) is 66.0 Å². The number of halogens is 1. The Morgan fingerprint density at radius 3 is 1.92 bits per heavy atom. The highest BCUT2D eigenvalue weighted by Gasteiger charge is 2.30. The maximum Gasteiger partial charge on any atom is 0.306 e. The van der Waals surface area contributed by atoms with Crippen molar-refractivity contribution in [1.29, 1.82) is 0 Å². The highest BCUT2D eigenvalue weighted by atomic mass is 35.5. The summed E-state index contributed by atoms with van der Waals surface area (Å²) in [6.07, 6.45) is 15.3. The van der Waals surface area contributed by atoms with E-state index < -0.39 is 0 Å². The molecular weight excluding hydrogens is 1110 g/mol. The molecule has 87 heavy (non-hydrogen) atoms. The van der Waals surface area contributed by atoms with Crippen LogP contribution < -0.4 is 16.0 Å². The van der Waals surface area contributed by atoms with Gasteiger partial charge in [-0.1, -0.05) is 145 Å². The van der Waals surface area contributed by atoms with Gasteiger partial charge in [0.2, 0.25) is 0 Å². The number of carbonyl (C=O) groups excluding carboxylic acids is 2. The van der Waals surface area contributed by atoms with Crippen LogP contribution in [0.5, 0.6) is 0 Å². The molecule has 3 N–H and O–H groups in total. The molecular formula is C72H56ClN9O5. The van der Waals surface area contributed by atoms with E-state index in [1.807, 2.05) is 65.2 Å². The molecule has 2 atom stereocenters. The van der Waals surface area contributed by atoms with Gasteiger partial charge in [-0.25, -0.2) is 0 Å². The highest BCUT2D eigenvalue weighted by molar-refractivity contribution is 6.30. The Morgan fingerprint density at radius 2 is 1.14 bits per heavy atom. The van der Waals surface area contributed by atoms with Crippen LogP contribution in [0.15, 0.2) is 214 Å². The van der Waals surface area contributed by atoms with Gasteiger partial charge in [-0.3, -0.25) is 22.8 Å². The Labute approximate surface area is 504 Å². The van der Waals surface area contributed by atoms with E-state index in [-0.39, 0.29) is 23.8 Å². The first-order valence-electron chi connectivity index (χ1n) is 29.6. The summed E-state index contributed by atoms with van der Waals surface area (Å²) < 4.78 is 22.7. The van der Waals surface area contributed by atoms with Gasteiger partial charge in [-0.2, -0.15) is 15.0 Å². The number of nitrogens with one attached hydrogen (secondary N) is 3. The van der Waals surface area contributed by atoms with Crippen molar-refractivity contribution in [1.82, 2.24) is 44.1 Å². The zero-order chi connectivity index (χ0) is 58.1. The van der Waals surface area contributed by atoms with Crippen LogP contribution in [0, 0.1) is 5.92 Å². The number of hydrogen-bond acceptors (Lipinski definition) is 9. The standard InChI is InChI=1S/C72H56ClN9O5/c73-56-24-22-47(23-25-56)63-62(80-27-30-85-70(80)77-63)42-75-57-38-48-17-19-51(36-55(48)39-57)59-12-4-10-46-16-21-53(40-61(46)59)65-67(82-29-32-87-72(82)79-65)69(84)76-41-44-33-49-11-5-13-58(60(49)34-44)50-18-14-45-15-20-52(37-54(45)35-50)64-66(81-28-31-86-71(81)78-64)68(83)74-26-6-9-43-7-2-1-3-8-43/h1-5,7-8,10-25,27-32,35-37,40,44,57,75H,6,9,26,33-34,38-39,41-42H2,(H,74,83)(H,76,84). The first-order chi connectivity index (χ1) is 42.8. The molecule has 14 aromatic rings. The largest absolute Gasteiger partial charge is 0.432 e. The third kappa shape index (κ3) is 9.63. The van der Waals surface area contributed by atoms with Gasteiger partial charge in [-0.15, -0.1) is 0 Å². The van der Waals surface area contributed by atoms with Crippen LogP contribution in [0.1, 0.15) is 60.9 Å². The first kappa shape index (κ1) is 52.3. The molecule has 426 valence electrons. The summed E-state index contributed by atoms with van der Waals surface area (Å²) in [7, 11) is 0. The second-order valence-corrected chi connectivity index (χ2v) is 23.4. The lowest BCUT2D eigenvalue weighted by molar-refractivity contribution is 0.0936. The zero-order valence-electron chi connectivity index (χ0n) is 47.2. The van der Waals surface area contributed by atoms with Gasteiger partial charge in [-0.05, 0) is 146 Å². The normalized spacial score (nSPS) is 14.7. The molecule has 0 saturated heterocycles. The molecule has 6 aromatic heterocycles. The minimum Gasteiger partial charge on any atom is -0.432 e. The number of aromatic nitrogens is 6. The van der Waals surface area contributed by atoms with Crippen molar-refractivity contribution >= 4 is 62.5 Å². The maximum atomic E-state index is 14.7. The number of oxazole rings is 3. The SMILES string of the molecule is O=C(NCCCc1ccccc1)c1c(-c2ccc3ccc(-c4cccc5c4CC(CNC(=O)c4c(-c6ccc7cccc(-c8ccc9c(c8)CC(NCc8c(-c%10ccc(Cl)cc%10)nc%10occn8%10)C9)c7c6)nc6occn46)C5)cc3c2)nc2occn12. The van der Waals surface area contributed by atoms with Crippen LogP contribution in [0.25, 0.3) is 95.1 Å². The predicted octanol–water partition coefficient (Wildman–Crippen LogP) is 14.5. The van der Waals surface area contributed by atoms with Crippen LogP contribution in [-0.2, 0) is 38.6 Å². The van der Waals surface area contributed by atoms with E-state index >= 15 is 0 Å². The number of benzene rings is 8. The predicted molar refractivity (Wildman–Crippen MR) is 338 cm³/mol. The van der Waals surface area contributed by atoms with Gasteiger partial charge in [0.15, 0.2) is 0 Å². The van der Waals surface area contributed by atoms with Crippen molar-refractivity contribution in [3.05, 3.63) is 251 Å². The summed E-state index contributed by atoms with van der Waals surface area (Å²) >= 11 is 6.24. The molecule has 0 aliphatic heterocycles. The van der Waals surface area contributed by atoms with Crippen molar-refractivity contribution in [2.24, 2.45) is 5.92 Å². The number of imidazole rings is 3. The third-order valence-corrected chi connectivity index (χ3v) is 17.9. The number of fused-ring (bicyclic) bond motifs is 7. The lowest BCUT2D eigenvalue weighted by atomic mass is 9.94. The summed E-state index contributed by atoms with van der Waals surface area (Å²) in [6.45, 7) is 1.63. The molecule has 0 saturated carbocycles. The average molecular weight is 1160 g/mol. The second-order valence-electron chi connectivity index (χ2n) is 23.0. The van der Waals surface area contributed by atoms with Crippen LogP contribution in [0.2, 0.25) is 5.02 Å². The van der Waals surface area contributed by atoms with Crippen molar-refractivity contribution in [2.75, 3.05) is 13.1 Å². The number of hydrogen-bond donors (Lipinski definition) is 3. The van der Waals surface area contributed by atoms with E-state index in [2.05, 4.69) is 125 Å². The fraction of sp³-hybridized carbons (Fsp3) is 0.153. The minimum atomic E-state index is -0.214. The molecule has 0 bridgehead atoms. The van der Waals surface area contributed by atoms with E-state index in [0.717, 1.165) is 105 Å². The highest BCUT2D eigenvalue weighted by Crippen LogP contribution is 2.40. The molecule has 6 heterocycles. The Morgan fingerprint density at radius 1 is 0.517 bits per heavy atom. The van der Waals surface area contributed by atoms with E-state index in [4.69, 9.17) is 39.8 Å². The van der Waals surface area contributed by atoms with Gasteiger partial charge in [0.05, 0.1) is 11.4 Å². The first-order valence-corrected chi connectivity index (χ1v) is 29.9. The molecule has 0 fully saturated rings. The van der Waals surface area contributed by atoms with Gasteiger partial charge in [0.1, 0.15) is 41.6 Å². The van der Waals surface area contributed by atoms with Crippen molar-refractivity contribution < 1.29 is 22.8 Å². The smallest absolute Gasteiger partial charge is 0.306 e. The summed E-state index contributed by atoms with van der Waals surface area (Å²) in [5, 5.41) is 15.3. The molecule has 2 amide bonds. The molecule has 2 aliphatic carbocycles. The monoisotopic (exact) mass is 1160 g/mol. The van der Waals surface area contributed by atoms with Gasteiger partial charge in [0.25, 0.3) is 11.8 Å². The number of amides is 2. The Bertz CT molecular complexity index is 4990. The van der Waals surface area contributed by atoms with E-state index in [9.17, 15) is 9.59 Å². The molecule has 0 radical (unpaired) electrons. The Hall–Kier alpha value is -10.3. The van der Waals surface area contributed by atoms with Crippen molar-refractivity contribution in [3.63, 3.8) is 0 Å².